The van der Waals surface area contributed by atoms with Crippen molar-refractivity contribution in [1.82, 2.24) is 0 Å². The molecule has 2 aliphatic rings. The number of hydrogen-bond donors (Lipinski definition) is 0. The average molecular weight is 414 g/mol. The number of halogens is 3. The maximum atomic E-state index is 13.4. The second-order valence-corrected chi connectivity index (χ2v) is 6.61. The minimum absolute atomic E-state index is 0.114. The van der Waals surface area contributed by atoms with Gasteiger partial charge in [0.25, 0.3) is 0 Å². The van der Waals surface area contributed by atoms with E-state index in [4.69, 9.17) is 14.2 Å². The second-order valence-electron chi connectivity index (χ2n) is 6.61. The summed E-state index contributed by atoms with van der Waals surface area (Å²) in [5.41, 5.74) is -0.541. The van der Waals surface area contributed by atoms with E-state index in [-0.39, 0.29) is 30.3 Å². The maximum absolute atomic E-state index is 13.4. The number of anilines is 2. The van der Waals surface area contributed by atoms with Crippen molar-refractivity contribution in [3.63, 3.8) is 0 Å². The van der Waals surface area contributed by atoms with Gasteiger partial charge in [0, 0.05) is 13.1 Å². The van der Waals surface area contributed by atoms with Crippen LogP contribution in [0.3, 0.4) is 0 Å². The molecule has 0 saturated carbocycles. The Bertz CT molecular complexity index is 832. The Labute approximate surface area is 165 Å². The highest BCUT2D eigenvalue weighted by molar-refractivity contribution is 6.04. The molecule has 2 aliphatic heterocycles. The molecule has 29 heavy (non-hydrogen) atoms. The van der Waals surface area contributed by atoms with E-state index in [1.165, 1.54) is 11.0 Å². The molecule has 0 unspecified atom stereocenters. The average Bonchev–Trinajstić information content (AvgIpc) is 3.25. The Kier molecular flexibility index (Phi) is 6.02. The number of nitrogens with zero attached hydrogens (tertiary/aromatic N) is 2. The van der Waals surface area contributed by atoms with Crippen LogP contribution in [0.2, 0.25) is 0 Å². The quantitative estimate of drug-likeness (QED) is 0.702. The van der Waals surface area contributed by atoms with Crippen molar-refractivity contribution in [3.05, 3.63) is 35.0 Å². The number of ether oxygens (including phenoxy) is 3. The molecular weight excluding hydrogens is 393 g/mol. The van der Waals surface area contributed by atoms with Crippen LogP contribution in [0.15, 0.2) is 29.5 Å². The van der Waals surface area contributed by atoms with E-state index in [1.807, 2.05) is 4.90 Å². The molecule has 1 fully saturated rings. The van der Waals surface area contributed by atoms with E-state index in [1.54, 1.807) is 0 Å². The smallest absolute Gasteiger partial charge is 0.416 e. The number of rotatable bonds is 4. The van der Waals surface area contributed by atoms with Crippen molar-refractivity contribution in [2.45, 2.75) is 19.0 Å². The molecule has 1 aromatic rings. The van der Waals surface area contributed by atoms with Crippen LogP contribution in [-0.4, -0.2) is 52.6 Å². The van der Waals surface area contributed by atoms with Gasteiger partial charge in [0.15, 0.2) is 0 Å². The van der Waals surface area contributed by atoms with Crippen molar-refractivity contribution < 1.29 is 37.0 Å². The standard InChI is InChI=1S/C19H21F3N2O5/c1-27-17(25)13-10-29-11-24(16(13)18(26)28-2)15-9-12(19(20,21)22)5-6-14(15)23-7-3-4-8-23/h5-6,9H,3-4,7-8,10-11H2,1-2H3. The SMILES string of the molecule is COC(=O)C1=C(C(=O)OC)N(c2cc(C(F)(F)F)ccc2N2CCCC2)COC1. The van der Waals surface area contributed by atoms with E-state index in [9.17, 15) is 22.8 Å². The number of carbonyl (C=O) groups excluding carboxylic acids is 2. The van der Waals surface area contributed by atoms with Crippen LogP contribution in [0.25, 0.3) is 0 Å². The van der Waals surface area contributed by atoms with Gasteiger partial charge in [0.1, 0.15) is 12.4 Å². The van der Waals surface area contributed by atoms with Crippen LogP contribution >= 0.6 is 0 Å². The largest absolute Gasteiger partial charge is 0.466 e. The van der Waals surface area contributed by atoms with E-state index >= 15 is 0 Å². The lowest BCUT2D eigenvalue weighted by Crippen LogP contribution is -2.39. The number of carbonyl (C=O) groups is 2. The van der Waals surface area contributed by atoms with Crippen molar-refractivity contribution in [2.75, 3.05) is 50.4 Å². The van der Waals surface area contributed by atoms with E-state index in [0.29, 0.717) is 18.8 Å². The summed E-state index contributed by atoms with van der Waals surface area (Å²) in [6.45, 7) is 0.918. The van der Waals surface area contributed by atoms with Crippen LogP contribution in [-0.2, 0) is 30.0 Å². The van der Waals surface area contributed by atoms with E-state index in [2.05, 4.69) is 0 Å². The van der Waals surface area contributed by atoms with Gasteiger partial charge in [-0.25, -0.2) is 9.59 Å². The van der Waals surface area contributed by atoms with Crippen molar-refractivity contribution in [2.24, 2.45) is 0 Å². The van der Waals surface area contributed by atoms with Crippen molar-refractivity contribution in [3.8, 4) is 0 Å². The fourth-order valence-electron chi connectivity index (χ4n) is 3.48. The highest BCUT2D eigenvalue weighted by Crippen LogP contribution is 2.40. The Hall–Kier alpha value is -2.75. The predicted octanol–water partition coefficient (Wildman–Crippen LogP) is 2.70. The summed E-state index contributed by atoms with van der Waals surface area (Å²) in [4.78, 5) is 27.8. The van der Waals surface area contributed by atoms with Gasteiger partial charge in [-0.3, -0.25) is 0 Å². The van der Waals surface area contributed by atoms with Crippen LogP contribution in [0.1, 0.15) is 18.4 Å². The van der Waals surface area contributed by atoms with Gasteiger partial charge in [-0.15, -0.1) is 0 Å². The third kappa shape index (κ3) is 4.16. The molecule has 7 nitrogen and oxygen atoms in total. The van der Waals surface area contributed by atoms with Gasteiger partial charge in [0.2, 0.25) is 0 Å². The second kappa shape index (κ2) is 8.32. The molecule has 1 aromatic carbocycles. The Balaban J connectivity index is 2.19. The fraction of sp³-hybridized carbons (Fsp3) is 0.474. The zero-order valence-corrected chi connectivity index (χ0v) is 16.0. The number of methoxy groups -OCH3 is 2. The van der Waals surface area contributed by atoms with E-state index in [0.717, 1.165) is 39.2 Å². The molecule has 0 N–H and O–H groups in total. The van der Waals surface area contributed by atoms with Gasteiger partial charge in [-0.2, -0.15) is 13.2 Å². The van der Waals surface area contributed by atoms with Crippen LogP contribution in [0.5, 0.6) is 0 Å². The summed E-state index contributed by atoms with van der Waals surface area (Å²) < 4.78 is 55.0. The van der Waals surface area contributed by atoms with Gasteiger partial charge in [0.05, 0.1) is 43.3 Å². The van der Waals surface area contributed by atoms with Crippen molar-refractivity contribution >= 4 is 23.3 Å². The molecule has 0 atom stereocenters. The molecule has 0 amide bonds. The van der Waals surface area contributed by atoms with Crippen LogP contribution < -0.4 is 9.80 Å². The molecule has 0 aromatic heterocycles. The lowest BCUT2D eigenvalue weighted by molar-refractivity contribution is -0.140. The van der Waals surface area contributed by atoms with Gasteiger partial charge in [-0.05, 0) is 31.0 Å². The van der Waals surface area contributed by atoms with Gasteiger partial charge < -0.3 is 24.0 Å². The highest BCUT2D eigenvalue weighted by atomic mass is 19.4. The summed E-state index contributed by atoms with van der Waals surface area (Å²) >= 11 is 0. The third-order valence-electron chi connectivity index (χ3n) is 4.87. The molecule has 0 aliphatic carbocycles. The summed E-state index contributed by atoms with van der Waals surface area (Å²) in [6.07, 6.45) is -2.76. The highest BCUT2D eigenvalue weighted by Gasteiger charge is 2.37. The molecular formula is C19H21F3N2O5. The number of benzene rings is 1. The zero-order valence-electron chi connectivity index (χ0n) is 16.0. The summed E-state index contributed by atoms with van der Waals surface area (Å²) in [7, 11) is 2.27. The number of alkyl halides is 3. The normalized spacial score (nSPS) is 17.6. The van der Waals surface area contributed by atoms with Gasteiger partial charge in [-0.1, -0.05) is 0 Å². The van der Waals surface area contributed by atoms with Gasteiger partial charge >= 0.3 is 18.1 Å². The summed E-state index contributed by atoms with van der Waals surface area (Å²) in [5.74, 6) is -1.68. The lowest BCUT2D eigenvalue weighted by Gasteiger charge is -2.34. The first kappa shape index (κ1) is 21.0. The summed E-state index contributed by atoms with van der Waals surface area (Å²) in [5, 5.41) is 0. The number of esters is 2. The number of hydrogen-bond acceptors (Lipinski definition) is 7. The Morgan fingerprint density at radius 1 is 1.03 bits per heavy atom. The lowest BCUT2D eigenvalue weighted by atomic mass is 10.1. The molecule has 0 radical (unpaired) electrons. The van der Waals surface area contributed by atoms with E-state index < -0.39 is 23.7 Å². The molecule has 10 heteroatoms. The minimum Gasteiger partial charge on any atom is -0.466 e. The first-order valence-electron chi connectivity index (χ1n) is 8.99. The molecule has 1 saturated heterocycles. The topological polar surface area (TPSA) is 68.3 Å². The molecule has 0 spiro atoms. The zero-order chi connectivity index (χ0) is 21.2. The molecule has 158 valence electrons. The fourth-order valence-corrected chi connectivity index (χ4v) is 3.48. The van der Waals surface area contributed by atoms with Crippen LogP contribution in [0.4, 0.5) is 24.5 Å². The Morgan fingerprint density at radius 2 is 1.69 bits per heavy atom. The minimum atomic E-state index is -4.57. The van der Waals surface area contributed by atoms with Crippen molar-refractivity contribution in [1.29, 1.82) is 0 Å². The molecule has 3 rings (SSSR count). The predicted molar refractivity (Wildman–Crippen MR) is 97.2 cm³/mol. The third-order valence-corrected chi connectivity index (χ3v) is 4.87. The first-order valence-corrected chi connectivity index (χ1v) is 8.99. The molecule has 0 bridgehead atoms. The van der Waals surface area contributed by atoms with Crippen LogP contribution in [0, 0.1) is 0 Å². The maximum Gasteiger partial charge on any atom is 0.416 e. The Morgan fingerprint density at radius 3 is 2.28 bits per heavy atom. The first-order chi connectivity index (χ1) is 13.8. The monoisotopic (exact) mass is 414 g/mol. The molecule has 2 heterocycles. The summed E-state index contributed by atoms with van der Waals surface area (Å²) in [6, 6.07) is 3.34.